The van der Waals surface area contributed by atoms with Crippen molar-refractivity contribution < 1.29 is 14.3 Å². The molecule has 1 aromatic carbocycles. The lowest BCUT2D eigenvalue weighted by atomic mass is 10.2. The number of thiophene rings is 1. The highest BCUT2D eigenvalue weighted by molar-refractivity contribution is 9.13. The Labute approximate surface area is 146 Å². The average Bonchev–Trinajstić information content (AvgIpc) is 2.79. The van der Waals surface area contributed by atoms with Crippen molar-refractivity contribution in [3.63, 3.8) is 0 Å². The largest absolute Gasteiger partial charge is 0.486 e. The zero-order valence-corrected chi connectivity index (χ0v) is 15.2. The quantitative estimate of drug-likeness (QED) is 0.700. The van der Waals surface area contributed by atoms with E-state index in [-0.39, 0.29) is 5.91 Å². The Morgan fingerprint density at radius 1 is 1.19 bits per heavy atom. The summed E-state index contributed by atoms with van der Waals surface area (Å²) in [5, 5.41) is 3.18. The molecule has 21 heavy (non-hydrogen) atoms. The van der Waals surface area contributed by atoms with E-state index in [1.165, 1.54) is 11.3 Å². The first-order valence-corrected chi connectivity index (χ1v) is 8.68. The van der Waals surface area contributed by atoms with Gasteiger partial charge in [0.05, 0.1) is 19.4 Å². The Bertz CT molecular complexity index is 700. The summed E-state index contributed by atoms with van der Waals surface area (Å²) in [7, 11) is 0. The molecule has 1 aromatic heterocycles. The molecule has 0 bridgehead atoms. The SMILES string of the molecule is O=C(Nc1cc2c(cc1Cl)OCCO2)c1cc(Br)c(Br)s1. The number of halogens is 3. The van der Waals surface area contributed by atoms with E-state index in [0.717, 1.165) is 8.26 Å². The van der Waals surface area contributed by atoms with Crippen LogP contribution >= 0.6 is 54.8 Å². The van der Waals surface area contributed by atoms with E-state index >= 15 is 0 Å². The summed E-state index contributed by atoms with van der Waals surface area (Å²) in [4.78, 5) is 12.8. The van der Waals surface area contributed by atoms with Gasteiger partial charge >= 0.3 is 0 Å². The van der Waals surface area contributed by atoms with Crippen LogP contribution < -0.4 is 14.8 Å². The summed E-state index contributed by atoms with van der Waals surface area (Å²) in [6.07, 6.45) is 0. The highest BCUT2D eigenvalue weighted by Crippen LogP contribution is 2.38. The van der Waals surface area contributed by atoms with Crippen LogP contribution in [0.4, 0.5) is 5.69 Å². The third kappa shape index (κ3) is 3.21. The van der Waals surface area contributed by atoms with Crippen molar-refractivity contribution in [1.29, 1.82) is 0 Å². The monoisotopic (exact) mass is 451 g/mol. The maximum Gasteiger partial charge on any atom is 0.265 e. The predicted molar refractivity (Wildman–Crippen MR) is 90.1 cm³/mol. The van der Waals surface area contributed by atoms with Gasteiger partial charge in [-0.2, -0.15) is 0 Å². The van der Waals surface area contributed by atoms with E-state index in [4.69, 9.17) is 21.1 Å². The number of benzene rings is 1. The summed E-state index contributed by atoms with van der Waals surface area (Å²) in [5.74, 6) is 0.935. The van der Waals surface area contributed by atoms with Gasteiger partial charge in [-0.05, 0) is 37.9 Å². The Morgan fingerprint density at radius 3 is 2.48 bits per heavy atom. The third-order valence-corrected chi connectivity index (χ3v) is 6.32. The van der Waals surface area contributed by atoms with E-state index in [1.54, 1.807) is 18.2 Å². The molecule has 1 N–H and O–H groups in total. The van der Waals surface area contributed by atoms with Crippen molar-refractivity contribution in [3.8, 4) is 11.5 Å². The maximum atomic E-state index is 12.2. The number of hydrogen-bond acceptors (Lipinski definition) is 4. The smallest absolute Gasteiger partial charge is 0.265 e. The number of anilines is 1. The molecule has 0 saturated heterocycles. The Hall–Kier alpha value is -0.760. The second-order valence-electron chi connectivity index (χ2n) is 4.16. The third-order valence-electron chi connectivity index (χ3n) is 2.75. The molecular weight excluding hydrogens is 445 g/mol. The lowest BCUT2D eigenvalue weighted by Gasteiger charge is -2.19. The van der Waals surface area contributed by atoms with Gasteiger partial charge in [-0.1, -0.05) is 11.6 Å². The van der Waals surface area contributed by atoms with Crippen molar-refractivity contribution in [2.24, 2.45) is 0 Å². The average molecular weight is 454 g/mol. The summed E-state index contributed by atoms with van der Waals surface area (Å²) < 4.78 is 12.6. The number of carbonyl (C=O) groups excluding carboxylic acids is 1. The van der Waals surface area contributed by atoms with Crippen LogP contribution in [0.25, 0.3) is 0 Å². The molecule has 4 nitrogen and oxygen atoms in total. The second kappa shape index (κ2) is 6.16. The van der Waals surface area contributed by atoms with Crippen molar-refractivity contribution in [2.75, 3.05) is 18.5 Å². The molecule has 0 radical (unpaired) electrons. The van der Waals surface area contributed by atoms with Gasteiger partial charge in [-0.15, -0.1) is 11.3 Å². The van der Waals surface area contributed by atoms with E-state index in [0.29, 0.717) is 40.3 Å². The van der Waals surface area contributed by atoms with Crippen molar-refractivity contribution in [1.82, 2.24) is 0 Å². The van der Waals surface area contributed by atoms with Gasteiger partial charge in [0.1, 0.15) is 13.2 Å². The fraction of sp³-hybridized carbons (Fsp3) is 0.154. The fourth-order valence-electron chi connectivity index (χ4n) is 1.80. The van der Waals surface area contributed by atoms with Gasteiger partial charge in [-0.3, -0.25) is 4.79 Å². The molecule has 0 fully saturated rings. The first-order valence-electron chi connectivity index (χ1n) is 5.90. The first kappa shape index (κ1) is 15.1. The van der Waals surface area contributed by atoms with Crippen LogP contribution in [0.15, 0.2) is 26.5 Å². The number of hydrogen-bond donors (Lipinski definition) is 1. The summed E-state index contributed by atoms with van der Waals surface area (Å²) >= 11 is 14.2. The number of fused-ring (bicyclic) bond motifs is 1. The number of nitrogens with one attached hydrogen (secondary N) is 1. The van der Waals surface area contributed by atoms with Gasteiger partial charge in [0.25, 0.3) is 5.91 Å². The van der Waals surface area contributed by atoms with Crippen molar-refractivity contribution in [3.05, 3.63) is 36.4 Å². The second-order valence-corrected chi connectivity index (χ2v) is 7.79. The Balaban J connectivity index is 1.85. The van der Waals surface area contributed by atoms with Gasteiger partial charge in [0.15, 0.2) is 11.5 Å². The minimum absolute atomic E-state index is 0.232. The predicted octanol–water partition coefficient (Wildman–Crippen LogP) is 4.95. The normalized spacial score (nSPS) is 13.1. The molecule has 2 heterocycles. The molecule has 110 valence electrons. The van der Waals surface area contributed by atoms with Crippen molar-refractivity contribution in [2.45, 2.75) is 0 Å². The molecule has 8 heteroatoms. The summed E-state index contributed by atoms with van der Waals surface area (Å²) in [6.45, 7) is 0.971. The zero-order chi connectivity index (χ0) is 15.0. The lowest BCUT2D eigenvalue weighted by Crippen LogP contribution is -2.16. The van der Waals surface area contributed by atoms with E-state index in [1.807, 2.05) is 0 Å². The number of amides is 1. The van der Waals surface area contributed by atoms with Gasteiger partial charge in [0, 0.05) is 16.6 Å². The molecule has 0 unspecified atom stereocenters. The fourth-order valence-corrected chi connectivity index (χ4v) is 3.93. The van der Waals surface area contributed by atoms with Crippen LogP contribution in [0.5, 0.6) is 11.5 Å². The highest BCUT2D eigenvalue weighted by atomic mass is 79.9. The molecule has 1 aliphatic rings. The molecule has 0 aliphatic carbocycles. The zero-order valence-electron chi connectivity index (χ0n) is 10.4. The van der Waals surface area contributed by atoms with Crippen LogP contribution in [0.2, 0.25) is 5.02 Å². The summed E-state index contributed by atoms with van der Waals surface area (Å²) in [5.41, 5.74) is 0.492. The molecular formula is C13H8Br2ClNO3S. The van der Waals surface area contributed by atoms with Gasteiger partial charge in [-0.25, -0.2) is 0 Å². The molecule has 2 aromatic rings. The molecule has 1 aliphatic heterocycles. The van der Waals surface area contributed by atoms with E-state index in [9.17, 15) is 4.79 Å². The molecule has 1 amide bonds. The standard InChI is InChI=1S/C13H8Br2ClNO3S/c14-6-3-11(21-12(6)15)13(18)17-8-5-10-9(4-7(8)16)19-1-2-20-10/h3-5H,1-2H2,(H,17,18). The van der Waals surface area contributed by atoms with E-state index in [2.05, 4.69) is 37.2 Å². The molecule has 0 atom stereocenters. The molecule has 3 rings (SSSR count). The van der Waals surface area contributed by atoms with Crippen molar-refractivity contribution >= 4 is 66.4 Å². The summed E-state index contributed by atoms with van der Waals surface area (Å²) in [6, 6.07) is 5.06. The van der Waals surface area contributed by atoms with E-state index < -0.39 is 0 Å². The van der Waals surface area contributed by atoms with Crippen LogP contribution in [-0.4, -0.2) is 19.1 Å². The Morgan fingerprint density at radius 2 is 1.86 bits per heavy atom. The highest BCUT2D eigenvalue weighted by Gasteiger charge is 2.18. The van der Waals surface area contributed by atoms with Gasteiger partial charge < -0.3 is 14.8 Å². The van der Waals surface area contributed by atoms with Gasteiger partial charge in [0.2, 0.25) is 0 Å². The number of carbonyl (C=O) groups is 1. The minimum atomic E-state index is -0.232. The first-order chi connectivity index (χ1) is 10.0. The number of ether oxygens (including phenoxy) is 2. The Kier molecular flexibility index (Phi) is 4.44. The maximum absolute atomic E-state index is 12.2. The van der Waals surface area contributed by atoms with Crippen LogP contribution in [0.1, 0.15) is 9.67 Å². The molecule has 0 spiro atoms. The minimum Gasteiger partial charge on any atom is -0.486 e. The lowest BCUT2D eigenvalue weighted by molar-refractivity contribution is 0.103. The topological polar surface area (TPSA) is 47.6 Å². The number of rotatable bonds is 2. The van der Waals surface area contributed by atoms with Crippen LogP contribution in [-0.2, 0) is 0 Å². The van der Waals surface area contributed by atoms with Crippen LogP contribution in [0.3, 0.4) is 0 Å². The molecule has 0 saturated carbocycles. The van der Waals surface area contributed by atoms with Crippen LogP contribution in [0, 0.1) is 0 Å².